The van der Waals surface area contributed by atoms with Gasteiger partial charge < -0.3 is 4.74 Å². The van der Waals surface area contributed by atoms with Crippen molar-refractivity contribution in [1.29, 1.82) is 0 Å². The molecule has 1 aromatic rings. The molecule has 3 N–H and O–H groups in total. The third-order valence-electron chi connectivity index (χ3n) is 1.81. The van der Waals surface area contributed by atoms with E-state index in [2.05, 4.69) is 0 Å². The lowest BCUT2D eigenvalue weighted by molar-refractivity contribution is -0.387. The molecule has 0 radical (unpaired) electrons. The lowest BCUT2D eigenvalue weighted by Crippen LogP contribution is -2.30. The van der Waals surface area contributed by atoms with E-state index in [9.17, 15) is 18.5 Å². The van der Waals surface area contributed by atoms with Crippen LogP contribution in [0.25, 0.3) is 0 Å². The van der Waals surface area contributed by atoms with Gasteiger partial charge in [0.1, 0.15) is 5.75 Å². The first-order valence-electron chi connectivity index (χ1n) is 3.97. The smallest absolute Gasteiger partial charge is 0.293 e. The van der Waals surface area contributed by atoms with Gasteiger partial charge >= 0.3 is 0 Å². The molecule has 0 aliphatic heterocycles. The van der Waals surface area contributed by atoms with Crippen molar-refractivity contribution < 1.29 is 18.1 Å². The number of sulfonamides is 1. The van der Waals surface area contributed by atoms with Crippen LogP contribution in [0.3, 0.4) is 0 Å². The number of nitro groups is 1. The van der Waals surface area contributed by atoms with Crippen LogP contribution in [0.1, 0.15) is 0 Å². The van der Waals surface area contributed by atoms with Crippen molar-refractivity contribution in [2.75, 3.05) is 7.11 Å². The van der Waals surface area contributed by atoms with Crippen LogP contribution in [-0.4, -0.2) is 20.5 Å². The minimum absolute atomic E-state index is 0.183. The second-order valence-corrected chi connectivity index (χ2v) is 4.39. The summed E-state index contributed by atoms with van der Waals surface area (Å²) in [4.78, 5) is 10.8. The van der Waals surface area contributed by atoms with Crippen LogP contribution >= 0.6 is 0 Å². The Morgan fingerprint density at radius 3 is 2.56 bits per heavy atom. The van der Waals surface area contributed by atoms with E-state index < -0.39 is 25.5 Å². The first-order valence-corrected chi connectivity index (χ1v) is 5.45. The van der Waals surface area contributed by atoms with Gasteiger partial charge in [0.2, 0.25) is 0 Å². The number of ether oxygens (including phenoxy) is 1. The Morgan fingerprint density at radius 1 is 1.50 bits per heavy atom. The predicted octanol–water partition coefficient (Wildman–Crippen LogP) is -0.245. The molecule has 0 spiro atoms. The highest BCUT2D eigenvalue weighted by molar-refractivity contribution is 7.89. The Hall–Kier alpha value is -1.71. The number of hydrogen-bond acceptors (Lipinski definition) is 6. The van der Waals surface area contributed by atoms with Gasteiger partial charge in [-0.1, -0.05) is 0 Å². The zero-order chi connectivity index (χ0) is 12.3. The van der Waals surface area contributed by atoms with E-state index in [1.165, 1.54) is 18.0 Å². The Morgan fingerprint density at radius 2 is 2.12 bits per heavy atom. The molecule has 9 heteroatoms. The summed E-state index contributed by atoms with van der Waals surface area (Å²) in [7, 11) is -2.75. The van der Waals surface area contributed by atoms with Gasteiger partial charge in [-0.05, 0) is 12.1 Å². The van der Waals surface area contributed by atoms with E-state index in [0.717, 1.165) is 12.1 Å². The molecule has 0 aliphatic rings. The molecule has 0 atom stereocenters. The zero-order valence-electron chi connectivity index (χ0n) is 8.21. The highest BCUT2D eigenvalue weighted by Gasteiger charge is 2.25. The maximum atomic E-state index is 11.3. The van der Waals surface area contributed by atoms with Crippen molar-refractivity contribution in [3.05, 3.63) is 28.3 Å². The first-order chi connectivity index (χ1) is 7.42. The van der Waals surface area contributed by atoms with Gasteiger partial charge in [-0.2, -0.15) is 0 Å². The van der Waals surface area contributed by atoms with Crippen LogP contribution in [0.4, 0.5) is 5.69 Å². The maximum absolute atomic E-state index is 11.3. The van der Waals surface area contributed by atoms with E-state index in [1.54, 1.807) is 0 Å². The number of hydrazine groups is 1. The highest BCUT2D eigenvalue weighted by atomic mass is 32.2. The number of nitrogens with zero attached hydrogens (tertiary/aromatic N) is 1. The fraction of sp³-hybridized carbons (Fsp3) is 0.143. The molecule has 0 aliphatic carbocycles. The first kappa shape index (κ1) is 12.4. The molecule has 88 valence electrons. The normalized spacial score (nSPS) is 11.1. The van der Waals surface area contributed by atoms with E-state index >= 15 is 0 Å². The van der Waals surface area contributed by atoms with Gasteiger partial charge in [0, 0.05) is 0 Å². The van der Waals surface area contributed by atoms with Crippen LogP contribution in [0.15, 0.2) is 23.1 Å². The number of rotatable bonds is 4. The molecule has 8 nitrogen and oxygen atoms in total. The van der Waals surface area contributed by atoms with Crippen LogP contribution < -0.4 is 15.4 Å². The highest BCUT2D eigenvalue weighted by Crippen LogP contribution is 2.27. The lowest BCUT2D eigenvalue weighted by Gasteiger charge is -2.05. The number of benzene rings is 1. The van der Waals surface area contributed by atoms with Crippen LogP contribution in [0, 0.1) is 10.1 Å². The average Bonchev–Trinajstić information content (AvgIpc) is 2.28. The van der Waals surface area contributed by atoms with E-state index in [0.29, 0.717) is 0 Å². The fourth-order valence-electron chi connectivity index (χ4n) is 1.06. The summed E-state index contributed by atoms with van der Waals surface area (Å²) in [5.74, 6) is 4.97. The van der Waals surface area contributed by atoms with Crippen LogP contribution in [-0.2, 0) is 10.0 Å². The monoisotopic (exact) mass is 247 g/mol. The minimum atomic E-state index is -4.07. The van der Waals surface area contributed by atoms with E-state index in [-0.39, 0.29) is 5.75 Å². The number of nitrogens with one attached hydrogen (secondary N) is 1. The Bertz CT molecular complexity index is 513. The summed E-state index contributed by atoms with van der Waals surface area (Å²) in [6.07, 6.45) is 0. The van der Waals surface area contributed by atoms with Crippen molar-refractivity contribution in [3.63, 3.8) is 0 Å². The largest absolute Gasteiger partial charge is 0.497 e. The van der Waals surface area contributed by atoms with Crippen LogP contribution in [0.5, 0.6) is 5.75 Å². The Balaban J connectivity index is 3.46. The van der Waals surface area contributed by atoms with Gasteiger partial charge in [0.05, 0.1) is 18.1 Å². The summed E-state index contributed by atoms with van der Waals surface area (Å²) in [5, 5.41) is 10.7. The number of hydrogen-bond donors (Lipinski definition) is 2. The molecule has 0 unspecified atom stereocenters. The minimum Gasteiger partial charge on any atom is -0.497 e. The summed E-state index contributed by atoms with van der Waals surface area (Å²) in [6, 6.07) is 3.34. The summed E-state index contributed by atoms with van der Waals surface area (Å²) < 4.78 is 27.4. The van der Waals surface area contributed by atoms with Gasteiger partial charge in [-0.15, -0.1) is 4.83 Å². The van der Waals surface area contributed by atoms with Crippen molar-refractivity contribution in [3.8, 4) is 5.75 Å². The molecule has 1 aromatic carbocycles. The van der Waals surface area contributed by atoms with Crippen molar-refractivity contribution in [1.82, 2.24) is 4.83 Å². The Kier molecular flexibility index (Phi) is 3.42. The number of nitrogens with two attached hydrogens (primary N) is 1. The van der Waals surface area contributed by atoms with Crippen molar-refractivity contribution in [2.24, 2.45) is 5.84 Å². The molecule has 0 saturated carbocycles. The molecular formula is C7H9N3O5S. The molecule has 0 amide bonds. The molecule has 0 fully saturated rings. The molecule has 0 heterocycles. The van der Waals surface area contributed by atoms with E-state index in [4.69, 9.17) is 10.6 Å². The molecule has 1 rings (SSSR count). The van der Waals surface area contributed by atoms with E-state index in [1.807, 2.05) is 0 Å². The van der Waals surface area contributed by atoms with Gasteiger partial charge in [0.15, 0.2) is 4.90 Å². The molecular weight excluding hydrogens is 238 g/mol. The quantitative estimate of drug-likeness (QED) is 0.429. The predicted molar refractivity (Wildman–Crippen MR) is 54.2 cm³/mol. The summed E-state index contributed by atoms with van der Waals surface area (Å²) in [5.41, 5.74) is -0.600. The van der Waals surface area contributed by atoms with Crippen molar-refractivity contribution >= 4 is 15.7 Å². The third-order valence-corrected chi connectivity index (χ3v) is 3.04. The van der Waals surface area contributed by atoms with Gasteiger partial charge in [0.25, 0.3) is 15.7 Å². The van der Waals surface area contributed by atoms with Gasteiger partial charge in [-0.25, -0.2) is 8.42 Å². The third kappa shape index (κ3) is 2.27. The van der Waals surface area contributed by atoms with Crippen molar-refractivity contribution in [2.45, 2.75) is 4.90 Å². The van der Waals surface area contributed by atoms with Gasteiger partial charge in [-0.3, -0.25) is 16.0 Å². The zero-order valence-corrected chi connectivity index (χ0v) is 9.02. The molecule has 0 aromatic heterocycles. The standard InChI is InChI=1S/C7H9N3O5S/c1-15-5-2-3-7(16(13,14)9-8)6(4-5)10(11)12/h2-4,9H,8H2,1H3. The SMILES string of the molecule is COc1ccc(S(=O)(=O)NN)c([N+](=O)[O-])c1. The maximum Gasteiger partial charge on any atom is 0.293 e. The second kappa shape index (κ2) is 4.43. The molecule has 0 bridgehead atoms. The summed E-state index contributed by atoms with van der Waals surface area (Å²) in [6.45, 7) is 0. The molecule has 16 heavy (non-hydrogen) atoms. The Labute approximate surface area is 91.2 Å². The molecule has 0 saturated heterocycles. The summed E-state index contributed by atoms with van der Waals surface area (Å²) >= 11 is 0. The topological polar surface area (TPSA) is 125 Å². The van der Waals surface area contributed by atoms with Crippen LogP contribution in [0.2, 0.25) is 0 Å². The number of methoxy groups -OCH3 is 1. The lowest BCUT2D eigenvalue weighted by atomic mass is 10.3. The average molecular weight is 247 g/mol. The fourth-order valence-corrected chi connectivity index (χ4v) is 1.84. The second-order valence-electron chi connectivity index (χ2n) is 2.71. The number of nitro benzene ring substituents is 1.